The summed E-state index contributed by atoms with van der Waals surface area (Å²) in [7, 11) is 0. The number of carbonyl (C=O) groups is 1. The first kappa shape index (κ1) is 18.9. The van der Waals surface area contributed by atoms with Crippen molar-refractivity contribution in [3.63, 3.8) is 0 Å². The Morgan fingerprint density at radius 2 is 2.30 bits per heavy atom. The maximum atomic E-state index is 14.4. The number of halogens is 1. The quantitative estimate of drug-likeness (QED) is 0.436. The summed E-state index contributed by atoms with van der Waals surface area (Å²) in [5.74, 6) is -0.542. The van der Waals surface area contributed by atoms with Crippen molar-refractivity contribution in [2.24, 2.45) is 0 Å². The molecule has 1 unspecified atom stereocenters. The van der Waals surface area contributed by atoms with E-state index in [1.165, 1.54) is 12.1 Å². The average Bonchev–Trinajstić information content (AvgIpc) is 2.69. The molecule has 27 heavy (non-hydrogen) atoms. The number of hydrogen-bond donors (Lipinski definition) is 4. The molecule has 1 fully saturated rings. The molecule has 1 saturated heterocycles. The Labute approximate surface area is 157 Å². The molecule has 2 heterocycles. The fraction of sp³-hybridized carbons (Fsp3) is 0.368. The monoisotopic (exact) mass is 373 g/mol. The Morgan fingerprint density at radius 1 is 1.41 bits per heavy atom. The maximum absolute atomic E-state index is 14.4. The van der Waals surface area contributed by atoms with Crippen molar-refractivity contribution < 1.29 is 13.9 Å². The summed E-state index contributed by atoms with van der Waals surface area (Å²) in [6, 6.07) is 8.00. The zero-order valence-corrected chi connectivity index (χ0v) is 15.0. The Bertz CT molecular complexity index is 766. The predicted octanol–water partition coefficient (Wildman–Crippen LogP) is 1.78. The molecule has 0 bridgehead atoms. The second kappa shape index (κ2) is 9.18. The third kappa shape index (κ3) is 5.30. The SMILES string of the molecule is Nc1cc(C(=O)NC2CCCNC2)c(F)cc1NCCOc1ccccn1. The van der Waals surface area contributed by atoms with Crippen molar-refractivity contribution in [3.05, 3.63) is 47.9 Å². The van der Waals surface area contributed by atoms with Gasteiger partial charge in [0, 0.05) is 31.4 Å². The van der Waals surface area contributed by atoms with Crippen LogP contribution in [0.15, 0.2) is 36.5 Å². The molecule has 1 aliphatic heterocycles. The smallest absolute Gasteiger partial charge is 0.254 e. The maximum Gasteiger partial charge on any atom is 0.254 e. The van der Waals surface area contributed by atoms with Crippen molar-refractivity contribution >= 4 is 17.3 Å². The molecule has 0 radical (unpaired) electrons. The molecule has 8 heteroatoms. The summed E-state index contributed by atoms with van der Waals surface area (Å²) in [6.45, 7) is 2.39. The zero-order valence-electron chi connectivity index (χ0n) is 15.0. The first-order valence-corrected chi connectivity index (χ1v) is 9.02. The fourth-order valence-corrected chi connectivity index (χ4v) is 2.93. The minimum atomic E-state index is -0.612. The van der Waals surface area contributed by atoms with E-state index in [9.17, 15) is 9.18 Å². The van der Waals surface area contributed by atoms with E-state index < -0.39 is 11.7 Å². The first-order valence-electron chi connectivity index (χ1n) is 9.02. The Balaban J connectivity index is 1.54. The third-order valence-corrected chi connectivity index (χ3v) is 4.32. The van der Waals surface area contributed by atoms with E-state index in [2.05, 4.69) is 20.9 Å². The number of nitrogens with zero attached hydrogens (tertiary/aromatic N) is 1. The molecule has 1 aliphatic rings. The predicted molar refractivity (Wildman–Crippen MR) is 102 cm³/mol. The summed E-state index contributed by atoms with van der Waals surface area (Å²) in [5, 5.41) is 9.07. The number of nitrogens with one attached hydrogen (secondary N) is 3. The number of anilines is 2. The number of aromatic nitrogens is 1. The van der Waals surface area contributed by atoms with Crippen LogP contribution in [-0.2, 0) is 0 Å². The number of amides is 1. The van der Waals surface area contributed by atoms with E-state index in [1.807, 2.05) is 6.07 Å². The molecule has 1 atom stereocenters. The molecule has 144 valence electrons. The number of benzene rings is 1. The van der Waals surface area contributed by atoms with E-state index in [-0.39, 0.29) is 11.6 Å². The van der Waals surface area contributed by atoms with E-state index in [0.29, 0.717) is 37.0 Å². The first-order chi connectivity index (χ1) is 13.1. The summed E-state index contributed by atoms with van der Waals surface area (Å²) >= 11 is 0. The van der Waals surface area contributed by atoms with Crippen molar-refractivity contribution in [1.29, 1.82) is 0 Å². The summed E-state index contributed by atoms with van der Waals surface area (Å²) in [4.78, 5) is 16.4. The van der Waals surface area contributed by atoms with Crippen LogP contribution in [0.1, 0.15) is 23.2 Å². The molecule has 1 amide bonds. The number of nitrogen functional groups attached to an aromatic ring is 1. The third-order valence-electron chi connectivity index (χ3n) is 4.32. The average molecular weight is 373 g/mol. The van der Waals surface area contributed by atoms with Gasteiger partial charge in [0.25, 0.3) is 5.91 Å². The molecule has 0 spiro atoms. The van der Waals surface area contributed by atoms with Gasteiger partial charge >= 0.3 is 0 Å². The molecule has 3 rings (SSSR count). The van der Waals surface area contributed by atoms with Crippen LogP contribution in [0.3, 0.4) is 0 Å². The van der Waals surface area contributed by atoms with Crippen LogP contribution in [0.2, 0.25) is 0 Å². The second-order valence-electron chi connectivity index (χ2n) is 6.38. The van der Waals surface area contributed by atoms with Gasteiger partial charge in [-0.1, -0.05) is 6.07 Å². The van der Waals surface area contributed by atoms with Crippen molar-refractivity contribution in [3.8, 4) is 5.88 Å². The van der Waals surface area contributed by atoms with Gasteiger partial charge in [-0.25, -0.2) is 9.37 Å². The van der Waals surface area contributed by atoms with Gasteiger partial charge in [0.15, 0.2) is 0 Å². The van der Waals surface area contributed by atoms with Crippen molar-refractivity contribution in [1.82, 2.24) is 15.6 Å². The number of carbonyl (C=O) groups excluding carboxylic acids is 1. The summed E-state index contributed by atoms with van der Waals surface area (Å²) in [5.41, 5.74) is 6.66. The number of ether oxygens (including phenoxy) is 1. The highest BCUT2D eigenvalue weighted by atomic mass is 19.1. The van der Waals surface area contributed by atoms with Crippen LogP contribution in [0, 0.1) is 5.82 Å². The van der Waals surface area contributed by atoms with Crippen LogP contribution in [0.4, 0.5) is 15.8 Å². The van der Waals surface area contributed by atoms with Crippen molar-refractivity contribution in [2.75, 3.05) is 37.3 Å². The molecule has 0 saturated carbocycles. The van der Waals surface area contributed by atoms with Crippen LogP contribution in [0.25, 0.3) is 0 Å². The number of pyridine rings is 1. The van der Waals surface area contributed by atoms with Gasteiger partial charge in [0.2, 0.25) is 5.88 Å². The minimum Gasteiger partial charge on any atom is -0.476 e. The molecule has 2 aromatic rings. The lowest BCUT2D eigenvalue weighted by Crippen LogP contribution is -2.45. The molecule has 1 aromatic carbocycles. The largest absolute Gasteiger partial charge is 0.476 e. The molecular formula is C19H24FN5O2. The number of rotatable bonds is 7. The Hall–Kier alpha value is -2.87. The van der Waals surface area contributed by atoms with Gasteiger partial charge in [-0.3, -0.25) is 4.79 Å². The fourth-order valence-electron chi connectivity index (χ4n) is 2.93. The minimum absolute atomic E-state index is 0.00780. The number of nitrogens with two attached hydrogens (primary N) is 1. The standard InChI is InChI=1S/C19H24FN5O2/c20-15-11-17(23-8-9-27-18-5-1-2-7-24-18)16(21)10-14(15)19(26)25-13-4-3-6-22-12-13/h1-2,5,7,10-11,13,22-23H,3-4,6,8-9,12,21H2,(H,25,26). The molecule has 1 aromatic heterocycles. The van der Waals surface area contributed by atoms with Crippen LogP contribution in [0.5, 0.6) is 5.88 Å². The Morgan fingerprint density at radius 3 is 3.04 bits per heavy atom. The van der Waals surface area contributed by atoms with Gasteiger partial charge in [-0.2, -0.15) is 0 Å². The second-order valence-corrected chi connectivity index (χ2v) is 6.38. The summed E-state index contributed by atoms with van der Waals surface area (Å²) in [6.07, 6.45) is 3.51. The van der Waals surface area contributed by atoms with E-state index >= 15 is 0 Å². The summed E-state index contributed by atoms with van der Waals surface area (Å²) < 4.78 is 19.9. The van der Waals surface area contributed by atoms with Gasteiger partial charge in [0.1, 0.15) is 12.4 Å². The van der Waals surface area contributed by atoms with Gasteiger partial charge < -0.3 is 26.4 Å². The molecule has 5 N–H and O–H groups in total. The highest BCUT2D eigenvalue weighted by molar-refractivity contribution is 5.96. The molecule has 7 nitrogen and oxygen atoms in total. The zero-order chi connectivity index (χ0) is 19.1. The Kier molecular flexibility index (Phi) is 6.43. The number of hydrogen-bond acceptors (Lipinski definition) is 6. The van der Waals surface area contributed by atoms with Crippen LogP contribution < -0.4 is 26.4 Å². The van der Waals surface area contributed by atoms with Gasteiger partial charge in [-0.15, -0.1) is 0 Å². The van der Waals surface area contributed by atoms with Crippen LogP contribution in [-0.4, -0.2) is 43.2 Å². The van der Waals surface area contributed by atoms with Crippen molar-refractivity contribution in [2.45, 2.75) is 18.9 Å². The normalized spacial score (nSPS) is 16.6. The van der Waals surface area contributed by atoms with E-state index in [1.54, 1.807) is 18.3 Å². The van der Waals surface area contributed by atoms with Gasteiger partial charge in [-0.05, 0) is 37.6 Å². The highest BCUT2D eigenvalue weighted by Crippen LogP contribution is 2.23. The lowest BCUT2D eigenvalue weighted by Gasteiger charge is -2.24. The van der Waals surface area contributed by atoms with Crippen LogP contribution >= 0.6 is 0 Å². The topological polar surface area (TPSA) is 101 Å². The van der Waals surface area contributed by atoms with E-state index in [4.69, 9.17) is 10.5 Å². The number of piperidine rings is 1. The van der Waals surface area contributed by atoms with Gasteiger partial charge in [0.05, 0.1) is 16.9 Å². The highest BCUT2D eigenvalue weighted by Gasteiger charge is 2.20. The lowest BCUT2D eigenvalue weighted by molar-refractivity contribution is 0.0926. The lowest BCUT2D eigenvalue weighted by atomic mass is 10.1. The van der Waals surface area contributed by atoms with E-state index in [0.717, 1.165) is 19.4 Å². The molecular weight excluding hydrogens is 349 g/mol. The molecule has 0 aliphatic carbocycles.